The number of piperazine rings is 1. The number of hydrogen-bond donors (Lipinski definition) is 0. The van der Waals surface area contributed by atoms with E-state index >= 15 is 0 Å². The van der Waals surface area contributed by atoms with Gasteiger partial charge < -0.3 is 19.3 Å². The van der Waals surface area contributed by atoms with E-state index in [0.29, 0.717) is 31.2 Å². The van der Waals surface area contributed by atoms with Crippen LogP contribution in [0.5, 0.6) is 0 Å². The molecule has 1 aromatic rings. The van der Waals surface area contributed by atoms with Crippen LogP contribution in [0.15, 0.2) is 16.6 Å². The normalized spacial score (nSPS) is 15.3. The Kier molecular flexibility index (Phi) is 7.49. The number of ether oxygens (including phenoxy) is 2. The van der Waals surface area contributed by atoms with Crippen LogP contribution in [-0.2, 0) is 20.7 Å². The number of amides is 1. The van der Waals surface area contributed by atoms with Crippen molar-refractivity contribution in [1.82, 2.24) is 4.90 Å². The van der Waals surface area contributed by atoms with Gasteiger partial charge in [0.05, 0.1) is 17.1 Å². The maximum absolute atomic E-state index is 12.3. The number of hydrogen-bond acceptors (Lipinski definition) is 5. The SMILES string of the molecule is CC(C)(C)OC(=O)Cc1cc(N2CCN(C(=O)OC(C)(C)C)CC2)c(Cl)cc1Br. The smallest absolute Gasteiger partial charge is 0.410 e. The Morgan fingerprint density at radius 1 is 1.00 bits per heavy atom. The number of rotatable bonds is 3. The molecule has 6 nitrogen and oxygen atoms in total. The van der Waals surface area contributed by atoms with E-state index in [4.69, 9.17) is 21.1 Å². The molecule has 0 spiro atoms. The summed E-state index contributed by atoms with van der Waals surface area (Å²) in [5.41, 5.74) is 0.613. The lowest BCUT2D eigenvalue weighted by Crippen LogP contribution is -2.50. The molecular weight excluding hydrogens is 460 g/mol. The van der Waals surface area contributed by atoms with Crippen LogP contribution in [0.2, 0.25) is 5.02 Å². The molecule has 1 amide bonds. The van der Waals surface area contributed by atoms with Gasteiger partial charge in [0, 0.05) is 30.7 Å². The van der Waals surface area contributed by atoms with Gasteiger partial charge in [-0.3, -0.25) is 4.79 Å². The number of carbonyl (C=O) groups excluding carboxylic acids is 2. The van der Waals surface area contributed by atoms with Gasteiger partial charge in [-0.15, -0.1) is 0 Å². The summed E-state index contributed by atoms with van der Waals surface area (Å²) in [6.45, 7) is 13.5. The van der Waals surface area contributed by atoms with Crippen molar-refractivity contribution < 1.29 is 19.1 Å². The molecule has 0 bridgehead atoms. The molecule has 0 unspecified atom stereocenters. The first-order chi connectivity index (χ1) is 13.2. The molecule has 29 heavy (non-hydrogen) atoms. The third-order valence-electron chi connectivity index (χ3n) is 4.14. The zero-order valence-corrected chi connectivity index (χ0v) is 20.3. The summed E-state index contributed by atoms with van der Waals surface area (Å²) in [5.74, 6) is -0.291. The molecule has 0 N–H and O–H groups in total. The van der Waals surface area contributed by atoms with Crippen molar-refractivity contribution in [2.24, 2.45) is 0 Å². The highest BCUT2D eigenvalue weighted by Gasteiger charge is 2.27. The Bertz CT molecular complexity index is 763. The van der Waals surface area contributed by atoms with E-state index in [1.54, 1.807) is 11.0 Å². The molecule has 0 radical (unpaired) electrons. The molecule has 1 fully saturated rings. The fraction of sp³-hybridized carbons (Fsp3) is 0.619. The lowest BCUT2D eigenvalue weighted by molar-refractivity contribution is -0.153. The second kappa shape index (κ2) is 9.13. The van der Waals surface area contributed by atoms with Crippen molar-refractivity contribution in [2.45, 2.75) is 59.2 Å². The molecule has 1 aliphatic rings. The lowest BCUT2D eigenvalue weighted by Gasteiger charge is -2.37. The number of nitrogens with zero attached hydrogens (tertiary/aromatic N) is 2. The van der Waals surface area contributed by atoms with Gasteiger partial charge in [0.1, 0.15) is 11.2 Å². The van der Waals surface area contributed by atoms with E-state index in [2.05, 4.69) is 20.8 Å². The van der Waals surface area contributed by atoms with Crippen LogP contribution >= 0.6 is 27.5 Å². The van der Waals surface area contributed by atoms with Gasteiger partial charge in [-0.2, -0.15) is 0 Å². The van der Waals surface area contributed by atoms with Crippen LogP contribution in [0.25, 0.3) is 0 Å². The summed E-state index contributed by atoms with van der Waals surface area (Å²) in [7, 11) is 0. The van der Waals surface area contributed by atoms with Crippen LogP contribution in [-0.4, -0.2) is 54.3 Å². The average molecular weight is 490 g/mol. The third kappa shape index (κ3) is 7.37. The van der Waals surface area contributed by atoms with Crippen molar-refractivity contribution in [2.75, 3.05) is 31.1 Å². The average Bonchev–Trinajstić information content (AvgIpc) is 2.54. The maximum atomic E-state index is 12.3. The Morgan fingerprint density at radius 3 is 2.07 bits per heavy atom. The van der Waals surface area contributed by atoms with Crippen molar-refractivity contribution in [3.63, 3.8) is 0 Å². The second-order valence-corrected chi connectivity index (χ2v) is 10.4. The van der Waals surface area contributed by atoms with Crippen molar-refractivity contribution in [3.05, 3.63) is 27.2 Å². The van der Waals surface area contributed by atoms with Gasteiger partial charge >= 0.3 is 12.1 Å². The van der Waals surface area contributed by atoms with E-state index in [1.165, 1.54) is 0 Å². The van der Waals surface area contributed by atoms with Gasteiger partial charge in [-0.25, -0.2) is 4.79 Å². The Labute approximate surface area is 186 Å². The number of halogens is 2. The minimum Gasteiger partial charge on any atom is -0.460 e. The molecule has 1 saturated heterocycles. The zero-order valence-electron chi connectivity index (χ0n) is 18.0. The van der Waals surface area contributed by atoms with E-state index in [0.717, 1.165) is 15.7 Å². The van der Waals surface area contributed by atoms with Gasteiger partial charge in [0.2, 0.25) is 0 Å². The predicted molar refractivity (Wildman–Crippen MR) is 119 cm³/mol. The van der Waals surface area contributed by atoms with E-state index in [-0.39, 0.29) is 18.5 Å². The van der Waals surface area contributed by atoms with Crippen LogP contribution in [0.1, 0.15) is 47.1 Å². The first-order valence-corrected chi connectivity index (χ1v) is 10.8. The quantitative estimate of drug-likeness (QED) is 0.557. The molecule has 162 valence electrons. The second-order valence-electron chi connectivity index (χ2n) is 9.11. The highest BCUT2D eigenvalue weighted by atomic mass is 79.9. The standard InChI is InChI=1S/C21H30BrClN2O4/c1-20(2,3)28-18(26)12-14-11-17(16(23)13-15(14)22)24-7-9-25(10-8-24)19(27)29-21(4,5)6/h11,13H,7-10,12H2,1-6H3. The molecule has 1 heterocycles. The predicted octanol–water partition coefficient (Wildman–Crippen LogP) is 5.04. The largest absolute Gasteiger partial charge is 0.460 e. The van der Waals surface area contributed by atoms with Gasteiger partial charge in [0.25, 0.3) is 0 Å². The molecule has 1 aliphatic heterocycles. The van der Waals surface area contributed by atoms with Crippen LogP contribution in [0.4, 0.5) is 10.5 Å². The molecule has 0 aliphatic carbocycles. The summed E-state index contributed by atoms with van der Waals surface area (Å²) in [6.07, 6.45) is -0.149. The van der Waals surface area contributed by atoms with E-state index in [9.17, 15) is 9.59 Å². The van der Waals surface area contributed by atoms with Crippen LogP contribution in [0.3, 0.4) is 0 Å². The molecule has 0 atom stereocenters. The highest BCUT2D eigenvalue weighted by Crippen LogP contribution is 2.33. The fourth-order valence-electron chi connectivity index (χ4n) is 2.95. The van der Waals surface area contributed by atoms with Gasteiger partial charge in [-0.1, -0.05) is 27.5 Å². The number of benzene rings is 1. The zero-order chi connectivity index (χ0) is 22.0. The van der Waals surface area contributed by atoms with Gasteiger partial charge in [0.15, 0.2) is 0 Å². The minimum absolute atomic E-state index is 0.153. The Morgan fingerprint density at radius 2 is 1.55 bits per heavy atom. The maximum Gasteiger partial charge on any atom is 0.410 e. The van der Waals surface area contributed by atoms with E-state index < -0.39 is 11.2 Å². The number of anilines is 1. The van der Waals surface area contributed by atoms with Crippen molar-refractivity contribution in [1.29, 1.82) is 0 Å². The lowest BCUT2D eigenvalue weighted by atomic mass is 10.1. The Balaban J connectivity index is 2.08. The molecule has 8 heteroatoms. The molecule has 2 rings (SSSR count). The van der Waals surface area contributed by atoms with Crippen LogP contribution < -0.4 is 4.90 Å². The van der Waals surface area contributed by atoms with Crippen molar-refractivity contribution in [3.8, 4) is 0 Å². The molecule has 1 aromatic carbocycles. The summed E-state index contributed by atoms with van der Waals surface area (Å²) in [4.78, 5) is 28.3. The minimum atomic E-state index is -0.531. The fourth-order valence-corrected chi connectivity index (χ4v) is 3.85. The molecule has 0 saturated carbocycles. The molecular formula is C21H30BrClN2O4. The Hall–Kier alpha value is -1.47. The monoisotopic (exact) mass is 488 g/mol. The first-order valence-electron chi connectivity index (χ1n) is 9.68. The van der Waals surface area contributed by atoms with E-state index in [1.807, 2.05) is 47.6 Å². The van der Waals surface area contributed by atoms with Crippen molar-refractivity contribution >= 4 is 45.3 Å². The van der Waals surface area contributed by atoms with Gasteiger partial charge in [-0.05, 0) is 59.2 Å². The summed E-state index contributed by atoms with van der Waals surface area (Å²) in [5, 5.41) is 0.593. The molecule has 0 aromatic heterocycles. The number of esters is 1. The highest BCUT2D eigenvalue weighted by molar-refractivity contribution is 9.10. The summed E-state index contributed by atoms with van der Waals surface area (Å²) < 4.78 is 11.6. The van der Waals surface area contributed by atoms with Crippen LogP contribution in [0, 0.1) is 0 Å². The third-order valence-corrected chi connectivity index (χ3v) is 5.18. The topological polar surface area (TPSA) is 59.1 Å². The summed E-state index contributed by atoms with van der Waals surface area (Å²) in [6, 6.07) is 3.72. The summed E-state index contributed by atoms with van der Waals surface area (Å²) >= 11 is 9.96. The number of carbonyl (C=O) groups is 2. The first kappa shape index (κ1) is 23.8.